The van der Waals surface area contributed by atoms with Gasteiger partial charge in [0, 0.05) is 49.5 Å². The van der Waals surface area contributed by atoms with Crippen molar-refractivity contribution < 1.29 is 17.1 Å². The van der Waals surface area contributed by atoms with Gasteiger partial charge < -0.3 is 0 Å². The van der Waals surface area contributed by atoms with Crippen LogP contribution in [0.4, 0.5) is 0 Å². The summed E-state index contributed by atoms with van der Waals surface area (Å²) in [7, 11) is 0. The van der Waals surface area contributed by atoms with Crippen LogP contribution in [0.25, 0.3) is 0 Å². The second kappa shape index (κ2) is 11.2. The molecule has 148 valence electrons. The molecule has 2 aliphatic carbocycles. The van der Waals surface area contributed by atoms with Crippen LogP contribution in [0.15, 0.2) is 43.7 Å². The van der Waals surface area contributed by atoms with E-state index < -0.39 is 0 Å². The van der Waals surface area contributed by atoms with E-state index in [2.05, 4.69) is 9.97 Å². The van der Waals surface area contributed by atoms with E-state index in [0.717, 1.165) is 11.8 Å². The first-order valence-corrected chi connectivity index (χ1v) is 8.52. The molecular weight excluding hydrogens is 416 g/mol. The minimum atomic E-state index is -0.376. The van der Waals surface area contributed by atoms with Gasteiger partial charge in [-0.05, 0) is 51.4 Å². The number of aromatic nitrogens is 4. The Hall–Kier alpha value is -2.12. The van der Waals surface area contributed by atoms with Gasteiger partial charge in [-0.2, -0.15) is 0 Å². The maximum absolute atomic E-state index is 11.3. The third-order valence-corrected chi connectivity index (χ3v) is 3.96. The number of H-pyrrole nitrogens is 2. The minimum Gasteiger partial charge on any atom is -0.300 e. The minimum absolute atomic E-state index is 0. The summed E-state index contributed by atoms with van der Waals surface area (Å²) >= 11 is 0. The van der Waals surface area contributed by atoms with Gasteiger partial charge in [-0.15, -0.1) is 0 Å². The Labute approximate surface area is 178 Å². The molecule has 0 aromatic carbocycles. The Morgan fingerprint density at radius 2 is 0.966 bits per heavy atom. The molecule has 0 bridgehead atoms. The van der Waals surface area contributed by atoms with Crippen molar-refractivity contribution in [1.82, 2.24) is 19.1 Å². The van der Waals surface area contributed by atoms with E-state index in [-0.39, 0.29) is 39.6 Å². The second-order valence-electron chi connectivity index (χ2n) is 6.06. The van der Waals surface area contributed by atoms with Crippen LogP contribution < -0.4 is 22.5 Å². The molecule has 4 rings (SSSR count). The topological polar surface area (TPSA) is 110 Å². The molecular formula is C20H18FeN4O4+2. The van der Waals surface area contributed by atoms with E-state index in [0.29, 0.717) is 13.1 Å². The van der Waals surface area contributed by atoms with Crippen LogP contribution in [0.1, 0.15) is 0 Å². The van der Waals surface area contributed by atoms with Crippen molar-refractivity contribution in [1.29, 1.82) is 0 Å². The molecule has 2 fully saturated rings. The molecule has 29 heavy (non-hydrogen) atoms. The van der Waals surface area contributed by atoms with Crippen LogP contribution in [-0.4, -0.2) is 19.1 Å². The molecule has 8 nitrogen and oxygen atoms in total. The molecule has 0 aliphatic heterocycles. The predicted octanol–water partition coefficient (Wildman–Crippen LogP) is -0.119. The Morgan fingerprint density at radius 1 is 0.621 bits per heavy atom. The van der Waals surface area contributed by atoms with Crippen LogP contribution in [0, 0.1) is 63.2 Å². The first-order valence-electron chi connectivity index (χ1n) is 8.52. The van der Waals surface area contributed by atoms with Crippen molar-refractivity contribution in [2.45, 2.75) is 13.1 Å². The van der Waals surface area contributed by atoms with Crippen molar-refractivity contribution in [2.24, 2.45) is 0 Å². The fraction of sp³-hybridized carbons (Fsp3) is 0.100. The average molecular weight is 434 g/mol. The molecule has 2 aromatic rings. The first-order chi connectivity index (χ1) is 13.5. The number of aromatic amines is 2. The number of nitrogens with one attached hydrogen (secondary N) is 2. The molecule has 0 atom stereocenters. The standard InChI is InChI=1S/2C10H9N2O2.Fe/c2*13-9-5-6-12(10(14)11-9)7-8-3-1-2-4-8;/h2*1-6H,7H2,(H,11,13,14);/q;;+2. The molecule has 2 aromatic heterocycles. The van der Waals surface area contributed by atoms with Gasteiger partial charge in [0.1, 0.15) is 0 Å². The summed E-state index contributed by atoms with van der Waals surface area (Å²) in [6.45, 7) is 0.977. The number of nitrogens with zero attached hydrogens (tertiary/aromatic N) is 2. The Bertz CT molecular complexity index is 913. The predicted molar refractivity (Wildman–Crippen MR) is 104 cm³/mol. The van der Waals surface area contributed by atoms with Gasteiger partial charge in [-0.3, -0.25) is 28.7 Å². The van der Waals surface area contributed by atoms with Gasteiger partial charge in [-0.25, -0.2) is 9.59 Å². The smallest absolute Gasteiger partial charge is 0.300 e. The molecule has 2 N–H and O–H groups in total. The normalized spacial score (nSPS) is 16.8. The third-order valence-electron chi connectivity index (χ3n) is 3.96. The quantitative estimate of drug-likeness (QED) is 0.654. The number of hydrogen-bond acceptors (Lipinski definition) is 4. The molecule has 2 heterocycles. The molecule has 2 saturated carbocycles. The monoisotopic (exact) mass is 434 g/mol. The SMILES string of the molecule is O=c1ccn(C[C]2[CH][CH][CH][CH]2)c(=O)[nH]1.O=c1ccn(C[C]2[CH][CH][CH][CH]2)c(=O)[nH]1.[Fe+2]. The molecule has 0 unspecified atom stereocenters. The summed E-state index contributed by atoms with van der Waals surface area (Å²) in [5.41, 5.74) is -1.49. The van der Waals surface area contributed by atoms with Crippen LogP contribution in [0.2, 0.25) is 0 Å². The van der Waals surface area contributed by atoms with Crippen molar-refractivity contribution in [3.8, 4) is 0 Å². The van der Waals surface area contributed by atoms with E-state index in [1.807, 2.05) is 51.4 Å². The molecule has 9 heteroatoms. The first kappa shape index (κ1) is 23.2. The van der Waals surface area contributed by atoms with E-state index in [1.165, 1.54) is 33.7 Å². The summed E-state index contributed by atoms with van der Waals surface area (Å²) in [5.74, 6) is 2.08. The Kier molecular flexibility index (Phi) is 8.92. The third kappa shape index (κ3) is 7.01. The van der Waals surface area contributed by atoms with Gasteiger partial charge in [0.15, 0.2) is 0 Å². The molecule has 2 aliphatic rings. The van der Waals surface area contributed by atoms with E-state index in [1.54, 1.807) is 0 Å². The summed E-state index contributed by atoms with van der Waals surface area (Å²) in [6.07, 6.45) is 18.3. The van der Waals surface area contributed by atoms with Crippen molar-refractivity contribution >= 4 is 0 Å². The Balaban J connectivity index is 0.000000200. The largest absolute Gasteiger partial charge is 2.00 e. The fourth-order valence-corrected chi connectivity index (χ4v) is 2.57. The maximum atomic E-state index is 11.3. The maximum Gasteiger partial charge on any atom is 2.00 e. The van der Waals surface area contributed by atoms with Crippen LogP contribution in [-0.2, 0) is 30.2 Å². The zero-order valence-corrected chi connectivity index (χ0v) is 16.3. The summed E-state index contributed by atoms with van der Waals surface area (Å²) < 4.78 is 2.91. The summed E-state index contributed by atoms with van der Waals surface area (Å²) in [4.78, 5) is 48.5. The van der Waals surface area contributed by atoms with Crippen LogP contribution in [0.3, 0.4) is 0 Å². The van der Waals surface area contributed by atoms with Gasteiger partial charge in [0.2, 0.25) is 0 Å². The number of hydrogen-bond donors (Lipinski definition) is 2. The van der Waals surface area contributed by atoms with Gasteiger partial charge >= 0.3 is 28.4 Å². The van der Waals surface area contributed by atoms with Gasteiger partial charge in [-0.1, -0.05) is 0 Å². The van der Waals surface area contributed by atoms with Crippen LogP contribution >= 0.6 is 0 Å². The van der Waals surface area contributed by atoms with Gasteiger partial charge in [0.05, 0.1) is 0 Å². The molecule has 0 amide bonds. The average Bonchev–Trinajstić information content (AvgIpc) is 3.34. The van der Waals surface area contributed by atoms with E-state index in [4.69, 9.17) is 0 Å². The molecule has 0 saturated heterocycles. The van der Waals surface area contributed by atoms with Crippen molar-refractivity contribution in [3.63, 3.8) is 0 Å². The van der Waals surface area contributed by atoms with E-state index >= 15 is 0 Å². The van der Waals surface area contributed by atoms with Gasteiger partial charge in [0.25, 0.3) is 11.1 Å². The zero-order valence-electron chi connectivity index (χ0n) is 15.2. The Morgan fingerprint density at radius 3 is 1.28 bits per heavy atom. The second-order valence-corrected chi connectivity index (χ2v) is 6.06. The van der Waals surface area contributed by atoms with E-state index in [9.17, 15) is 19.2 Å². The molecule has 0 spiro atoms. The molecule has 10 radical (unpaired) electrons. The van der Waals surface area contributed by atoms with Crippen molar-refractivity contribution in [2.75, 3.05) is 0 Å². The van der Waals surface area contributed by atoms with Crippen molar-refractivity contribution in [3.05, 3.63) is 129 Å². The number of rotatable bonds is 4. The van der Waals surface area contributed by atoms with Crippen LogP contribution in [0.5, 0.6) is 0 Å². The summed E-state index contributed by atoms with van der Waals surface area (Å²) in [6, 6.07) is 2.68. The fourth-order valence-electron chi connectivity index (χ4n) is 2.57. The zero-order chi connectivity index (χ0) is 19.9. The summed E-state index contributed by atoms with van der Waals surface area (Å²) in [5, 5.41) is 0.